The molecule has 0 bridgehead atoms. The van der Waals surface area contributed by atoms with Crippen LogP contribution in [0.5, 0.6) is 5.75 Å². The predicted molar refractivity (Wildman–Crippen MR) is 77.8 cm³/mol. The fraction of sp³-hybridized carbons (Fsp3) is 0.357. The van der Waals surface area contributed by atoms with Crippen molar-refractivity contribution >= 4 is 20.0 Å². The van der Waals surface area contributed by atoms with Crippen molar-refractivity contribution in [3.63, 3.8) is 0 Å². The number of ether oxygens (including phenoxy) is 1. The molecule has 1 rings (SSSR count). The first-order valence-corrected chi connectivity index (χ1v) is 9.41. The van der Waals surface area contributed by atoms with Crippen LogP contribution in [0.4, 0.5) is 0 Å². The summed E-state index contributed by atoms with van der Waals surface area (Å²) in [6, 6.07) is 5.24. The van der Waals surface area contributed by atoms with Crippen molar-refractivity contribution in [2.45, 2.75) is 26.1 Å². The van der Waals surface area contributed by atoms with Crippen molar-refractivity contribution in [3.8, 4) is 5.75 Å². The lowest BCUT2D eigenvalue weighted by Crippen LogP contribution is -2.24. The van der Waals surface area contributed by atoms with E-state index in [2.05, 4.69) is 26.2 Å². The maximum Gasteiger partial charge on any atom is 0.307 e. The van der Waals surface area contributed by atoms with Crippen LogP contribution in [0.1, 0.15) is 11.1 Å². The number of hydrogen-bond donors (Lipinski definition) is 1. The number of hydrogen-bond acceptors (Lipinski definition) is 3. The molecule has 104 valence electrons. The average Bonchev–Trinajstić information content (AvgIpc) is 2.25. The third-order valence-electron chi connectivity index (χ3n) is 2.35. The molecule has 1 aromatic rings. The van der Waals surface area contributed by atoms with E-state index in [1.807, 2.05) is 0 Å². The highest BCUT2D eigenvalue weighted by Crippen LogP contribution is 2.29. The Kier molecular flexibility index (Phi) is 4.77. The van der Waals surface area contributed by atoms with Gasteiger partial charge in [0.1, 0.15) is 11.5 Å². The first-order valence-electron chi connectivity index (χ1n) is 6.00. The molecular weight excluding hydrogens is 260 g/mol. The van der Waals surface area contributed by atoms with Crippen LogP contribution >= 0.6 is 0 Å². The summed E-state index contributed by atoms with van der Waals surface area (Å²) in [5.41, 5.74) is 1.41. The van der Waals surface area contributed by atoms with E-state index < -0.39 is 14.3 Å². The second-order valence-corrected chi connectivity index (χ2v) is 9.67. The molecule has 19 heavy (non-hydrogen) atoms. The van der Waals surface area contributed by atoms with Gasteiger partial charge >= 0.3 is 5.97 Å². The van der Waals surface area contributed by atoms with E-state index in [4.69, 9.17) is 14.3 Å². The van der Waals surface area contributed by atoms with Crippen LogP contribution in [0.15, 0.2) is 24.8 Å². The van der Waals surface area contributed by atoms with Crippen molar-refractivity contribution in [1.29, 1.82) is 0 Å². The molecule has 0 heterocycles. The van der Waals surface area contributed by atoms with Crippen molar-refractivity contribution in [1.82, 2.24) is 0 Å². The number of aliphatic carboxylic acids is 1. The van der Waals surface area contributed by atoms with Crippen LogP contribution in [-0.2, 0) is 15.6 Å². The fourth-order valence-corrected chi connectivity index (χ4v) is 2.53. The maximum atomic E-state index is 10.8. The Morgan fingerprint density at radius 1 is 1.37 bits per heavy atom. The fourth-order valence-electron chi connectivity index (χ4n) is 1.68. The Hall–Kier alpha value is -1.75. The molecular formula is C14H20O4Si. The summed E-state index contributed by atoms with van der Waals surface area (Å²) in [5.74, 6) is 0.300. The molecule has 5 heteroatoms. The number of rotatable bonds is 6. The van der Waals surface area contributed by atoms with Gasteiger partial charge in [0.15, 0.2) is 0 Å². The van der Waals surface area contributed by atoms with Crippen LogP contribution in [0, 0.1) is 0 Å². The highest BCUT2D eigenvalue weighted by molar-refractivity contribution is 6.70. The smallest absolute Gasteiger partial charge is 0.307 e. The van der Waals surface area contributed by atoms with Gasteiger partial charge in [0.05, 0.1) is 19.1 Å². The van der Waals surface area contributed by atoms with Gasteiger partial charge in [-0.2, -0.15) is 0 Å². The van der Waals surface area contributed by atoms with Crippen LogP contribution in [0.3, 0.4) is 0 Å². The minimum atomic E-state index is -1.76. The predicted octanol–water partition coefficient (Wildman–Crippen LogP) is 3.14. The SMILES string of the molecule is C=C(O[Si](C)(C)C)c1cc(CC(=O)O)ccc1OC. The zero-order valence-corrected chi connectivity index (χ0v) is 12.8. The Morgan fingerprint density at radius 3 is 2.47 bits per heavy atom. The minimum Gasteiger partial charge on any atom is -0.544 e. The standard InChI is InChI=1S/C14H20O4Si/c1-10(18-19(3,4)5)12-8-11(9-14(15)16)6-7-13(12)17-2/h6-8H,1,9H2,2-5H3,(H,15,16). The molecule has 0 radical (unpaired) electrons. The molecule has 0 fully saturated rings. The van der Waals surface area contributed by atoms with Gasteiger partial charge in [0, 0.05) is 0 Å². The number of methoxy groups -OCH3 is 1. The molecule has 0 spiro atoms. The Balaban J connectivity index is 3.08. The van der Waals surface area contributed by atoms with Crippen molar-refractivity contribution in [2.75, 3.05) is 7.11 Å². The summed E-state index contributed by atoms with van der Waals surface area (Å²) in [6.45, 7) is 10.1. The van der Waals surface area contributed by atoms with Crippen LogP contribution in [0.2, 0.25) is 19.6 Å². The van der Waals surface area contributed by atoms with E-state index in [0.717, 1.165) is 0 Å². The topological polar surface area (TPSA) is 55.8 Å². The molecule has 1 aromatic carbocycles. The number of benzene rings is 1. The second-order valence-electron chi connectivity index (χ2n) is 5.24. The summed E-state index contributed by atoms with van der Waals surface area (Å²) in [5, 5.41) is 8.83. The molecule has 0 saturated heterocycles. The van der Waals surface area contributed by atoms with Crippen LogP contribution < -0.4 is 4.74 Å². The Morgan fingerprint density at radius 2 is 2.00 bits per heavy atom. The summed E-state index contributed by atoms with van der Waals surface area (Å²) < 4.78 is 11.1. The second kappa shape index (κ2) is 5.93. The van der Waals surface area contributed by atoms with Crippen molar-refractivity contribution in [2.24, 2.45) is 0 Å². The third kappa shape index (κ3) is 4.79. The van der Waals surface area contributed by atoms with E-state index in [1.54, 1.807) is 25.3 Å². The first kappa shape index (κ1) is 15.3. The lowest BCUT2D eigenvalue weighted by atomic mass is 10.1. The molecule has 0 amide bonds. The zero-order valence-electron chi connectivity index (χ0n) is 11.8. The van der Waals surface area contributed by atoms with Crippen LogP contribution in [0.25, 0.3) is 5.76 Å². The normalized spacial score (nSPS) is 10.9. The molecule has 0 aliphatic rings. The summed E-state index contributed by atoms with van der Waals surface area (Å²) in [6.07, 6.45) is -0.0305. The van der Waals surface area contributed by atoms with E-state index in [-0.39, 0.29) is 6.42 Å². The van der Waals surface area contributed by atoms with Gasteiger partial charge < -0.3 is 14.3 Å². The van der Waals surface area contributed by atoms with E-state index in [9.17, 15) is 4.79 Å². The van der Waals surface area contributed by atoms with Crippen molar-refractivity contribution in [3.05, 3.63) is 35.9 Å². The quantitative estimate of drug-likeness (QED) is 0.642. The summed E-state index contributed by atoms with van der Waals surface area (Å²) in [4.78, 5) is 10.8. The van der Waals surface area contributed by atoms with Gasteiger partial charge in [-0.25, -0.2) is 0 Å². The largest absolute Gasteiger partial charge is 0.544 e. The molecule has 0 aromatic heterocycles. The Bertz CT molecular complexity index is 489. The summed E-state index contributed by atoms with van der Waals surface area (Å²) >= 11 is 0. The van der Waals surface area contributed by atoms with Gasteiger partial charge in [-0.1, -0.05) is 12.6 Å². The average molecular weight is 280 g/mol. The van der Waals surface area contributed by atoms with Gasteiger partial charge in [0.25, 0.3) is 0 Å². The minimum absolute atomic E-state index is 0.0305. The van der Waals surface area contributed by atoms with Gasteiger partial charge in [-0.3, -0.25) is 4.79 Å². The maximum absolute atomic E-state index is 10.8. The molecule has 0 atom stereocenters. The number of carboxylic acids is 1. The number of carboxylic acid groups (broad SMARTS) is 1. The van der Waals surface area contributed by atoms with Gasteiger partial charge in [-0.05, 0) is 37.3 Å². The first-order chi connectivity index (χ1) is 8.73. The number of carbonyl (C=O) groups is 1. The third-order valence-corrected chi connectivity index (χ3v) is 3.21. The van der Waals surface area contributed by atoms with Gasteiger partial charge in [0.2, 0.25) is 8.32 Å². The highest BCUT2D eigenvalue weighted by atomic mass is 28.4. The molecule has 4 nitrogen and oxygen atoms in total. The molecule has 0 aliphatic heterocycles. The molecule has 0 unspecified atom stereocenters. The zero-order chi connectivity index (χ0) is 14.6. The van der Waals surface area contributed by atoms with E-state index in [0.29, 0.717) is 22.6 Å². The van der Waals surface area contributed by atoms with Gasteiger partial charge in [-0.15, -0.1) is 0 Å². The van der Waals surface area contributed by atoms with E-state index in [1.165, 1.54) is 0 Å². The van der Waals surface area contributed by atoms with E-state index >= 15 is 0 Å². The van der Waals surface area contributed by atoms with Crippen molar-refractivity contribution < 1.29 is 19.1 Å². The molecule has 0 aliphatic carbocycles. The molecule has 1 N–H and O–H groups in total. The molecule has 0 saturated carbocycles. The lowest BCUT2D eigenvalue weighted by Gasteiger charge is -2.22. The monoisotopic (exact) mass is 280 g/mol. The summed E-state index contributed by atoms with van der Waals surface area (Å²) in [7, 11) is -0.193. The lowest BCUT2D eigenvalue weighted by molar-refractivity contribution is -0.136. The van der Waals surface area contributed by atoms with Crippen LogP contribution in [-0.4, -0.2) is 26.5 Å². The highest BCUT2D eigenvalue weighted by Gasteiger charge is 2.19. The Labute approximate surface area is 114 Å².